The summed E-state index contributed by atoms with van der Waals surface area (Å²) in [6.07, 6.45) is 3.41. The van der Waals surface area contributed by atoms with Crippen molar-refractivity contribution in [3.8, 4) is 22.9 Å². The van der Waals surface area contributed by atoms with Gasteiger partial charge in [-0.15, -0.1) is 0 Å². The van der Waals surface area contributed by atoms with E-state index in [0.717, 1.165) is 11.8 Å². The van der Waals surface area contributed by atoms with Gasteiger partial charge in [-0.05, 0) is 43.3 Å². The number of benzene rings is 2. The second-order valence-corrected chi connectivity index (χ2v) is 9.76. The van der Waals surface area contributed by atoms with Gasteiger partial charge >= 0.3 is 6.01 Å². The van der Waals surface area contributed by atoms with Gasteiger partial charge in [0.1, 0.15) is 22.9 Å². The second-order valence-electron chi connectivity index (χ2n) is 9.36. The fourth-order valence-corrected chi connectivity index (χ4v) is 5.11. The number of nitrogens with zero attached hydrogens (tertiary/aromatic N) is 5. The van der Waals surface area contributed by atoms with Crippen LogP contribution in [-0.4, -0.2) is 63.1 Å². The van der Waals surface area contributed by atoms with Crippen molar-refractivity contribution in [1.82, 2.24) is 19.9 Å². The van der Waals surface area contributed by atoms with Gasteiger partial charge in [0.2, 0.25) is 5.91 Å². The van der Waals surface area contributed by atoms with Crippen LogP contribution in [0.2, 0.25) is 5.02 Å². The van der Waals surface area contributed by atoms with Gasteiger partial charge in [-0.3, -0.25) is 9.78 Å². The number of fused-ring (bicyclic) bond motifs is 1. The van der Waals surface area contributed by atoms with Crippen LogP contribution >= 0.6 is 11.6 Å². The van der Waals surface area contributed by atoms with Gasteiger partial charge in [0, 0.05) is 54.9 Å². The molecular weight excluding hydrogens is 564 g/mol. The first-order valence-corrected chi connectivity index (χ1v) is 14.0. The van der Waals surface area contributed by atoms with Gasteiger partial charge in [0.15, 0.2) is 5.82 Å². The summed E-state index contributed by atoms with van der Waals surface area (Å²) in [4.78, 5) is 29.0. The van der Waals surface area contributed by atoms with Gasteiger partial charge in [-0.2, -0.15) is 9.97 Å². The summed E-state index contributed by atoms with van der Waals surface area (Å²) < 4.78 is 36.8. The topological polar surface area (TPSA) is 91.7 Å². The highest BCUT2D eigenvalue weighted by molar-refractivity contribution is 6.34. The number of aromatic hydroxyl groups is 1. The van der Waals surface area contributed by atoms with Crippen molar-refractivity contribution in [3.63, 3.8) is 0 Å². The van der Waals surface area contributed by atoms with Crippen LogP contribution in [0.15, 0.2) is 61.3 Å². The molecule has 1 aliphatic rings. The van der Waals surface area contributed by atoms with Gasteiger partial charge in [0.25, 0.3) is 0 Å². The quantitative estimate of drug-likeness (QED) is 0.254. The van der Waals surface area contributed by atoms with E-state index >= 15 is 4.39 Å². The van der Waals surface area contributed by atoms with E-state index in [1.165, 1.54) is 24.3 Å². The van der Waals surface area contributed by atoms with Gasteiger partial charge in [-0.1, -0.05) is 44.2 Å². The molecule has 2 aromatic carbocycles. The first-order chi connectivity index (χ1) is 20.3. The molecule has 0 radical (unpaired) electrons. The Bertz CT molecular complexity index is 1570. The molecule has 0 bridgehead atoms. The van der Waals surface area contributed by atoms with E-state index in [2.05, 4.69) is 21.5 Å². The van der Waals surface area contributed by atoms with Crippen molar-refractivity contribution in [3.05, 3.63) is 83.7 Å². The lowest BCUT2D eigenvalue weighted by Crippen LogP contribution is -2.53. The molecule has 42 heavy (non-hydrogen) atoms. The number of piperazine rings is 1. The predicted octanol–water partition coefficient (Wildman–Crippen LogP) is 6.20. The molecule has 0 saturated carbocycles. The zero-order valence-electron chi connectivity index (χ0n) is 23.6. The molecule has 5 rings (SSSR count). The Morgan fingerprint density at radius 2 is 1.95 bits per heavy atom. The third-order valence-electron chi connectivity index (χ3n) is 6.79. The zero-order chi connectivity index (χ0) is 30.4. The molecule has 11 heteroatoms. The van der Waals surface area contributed by atoms with Crippen molar-refractivity contribution in [1.29, 1.82) is 0 Å². The monoisotopic (exact) mass is 595 g/mol. The molecule has 8 nitrogen and oxygen atoms in total. The maximum absolute atomic E-state index is 16.2. The Morgan fingerprint density at radius 1 is 1.17 bits per heavy atom. The molecule has 4 aromatic rings. The smallest absolute Gasteiger partial charge is 0.319 e. The number of ether oxygens (including phenoxy) is 1. The molecule has 1 aliphatic heterocycles. The minimum absolute atomic E-state index is 0.0832. The molecule has 1 saturated heterocycles. The van der Waals surface area contributed by atoms with E-state index in [4.69, 9.17) is 16.3 Å². The van der Waals surface area contributed by atoms with Gasteiger partial charge in [-0.25, -0.2) is 8.78 Å². The second kappa shape index (κ2) is 13.6. The Hall–Kier alpha value is -4.31. The number of phenols is 1. The molecule has 0 unspecified atom stereocenters. The Labute approximate surface area is 248 Å². The number of phenolic OH excluding ortho intramolecular Hbond substituents is 1. The molecule has 220 valence electrons. The van der Waals surface area contributed by atoms with Crippen molar-refractivity contribution in [2.24, 2.45) is 0 Å². The van der Waals surface area contributed by atoms with Gasteiger partial charge in [0.05, 0.1) is 17.2 Å². The van der Waals surface area contributed by atoms with Crippen molar-refractivity contribution in [2.75, 3.05) is 31.1 Å². The molecule has 0 spiro atoms. The molecule has 1 atom stereocenters. The summed E-state index contributed by atoms with van der Waals surface area (Å²) in [6, 6.07) is 10.4. The summed E-state index contributed by atoms with van der Waals surface area (Å²) >= 11 is 6.52. The summed E-state index contributed by atoms with van der Waals surface area (Å²) in [6.45, 7) is 10.8. The number of pyridine rings is 1. The van der Waals surface area contributed by atoms with E-state index < -0.39 is 17.4 Å². The maximum Gasteiger partial charge on any atom is 0.319 e. The maximum atomic E-state index is 16.2. The lowest BCUT2D eigenvalue weighted by molar-refractivity contribution is -0.126. The van der Waals surface area contributed by atoms with E-state index in [9.17, 15) is 14.3 Å². The summed E-state index contributed by atoms with van der Waals surface area (Å²) in [5, 5.41) is 10.5. The molecule has 3 heterocycles. The predicted molar refractivity (Wildman–Crippen MR) is 160 cm³/mol. The number of rotatable bonds is 7. The Kier molecular flexibility index (Phi) is 9.90. The number of carbonyl (C=O) groups is 1. The lowest BCUT2D eigenvalue weighted by Gasteiger charge is -2.40. The van der Waals surface area contributed by atoms with E-state index in [-0.39, 0.29) is 51.6 Å². The van der Waals surface area contributed by atoms with Crippen LogP contribution in [0.25, 0.3) is 22.0 Å². The molecule has 2 aromatic heterocycles. The largest absolute Gasteiger partial charge is 0.507 e. The molecule has 1 N–H and O–H groups in total. The average molecular weight is 596 g/mol. The van der Waals surface area contributed by atoms with Gasteiger partial charge < -0.3 is 19.6 Å². The summed E-state index contributed by atoms with van der Waals surface area (Å²) in [7, 11) is 0. The number of aromatic nitrogens is 3. The normalized spacial score (nSPS) is 14.8. The number of hydrogen-bond acceptors (Lipinski definition) is 7. The van der Waals surface area contributed by atoms with Crippen molar-refractivity contribution in [2.45, 2.75) is 33.2 Å². The number of amides is 1. The highest BCUT2D eigenvalue weighted by Gasteiger charge is 2.30. The number of halogens is 3. The molecule has 1 amide bonds. The number of carbonyl (C=O) groups excluding carboxylic acids is 1. The van der Waals surface area contributed by atoms with Crippen LogP contribution in [0.4, 0.5) is 14.6 Å². The first kappa shape index (κ1) is 30.6. The van der Waals surface area contributed by atoms with Crippen LogP contribution < -0.4 is 9.64 Å². The number of anilines is 1. The SMILES string of the molecule is C=CC(=O)N1CCN(c2nc(OCCc3ccccn3)nc3c(F)c(-c4c(O)cccc4F)c(Cl)cc23)[C@H](C)C1.CC. The van der Waals surface area contributed by atoms with Crippen LogP contribution in [-0.2, 0) is 11.2 Å². The Balaban J connectivity index is 0.00000198. The lowest BCUT2D eigenvalue weighted by atomic mass is 10.0. The molecule has 0 aliphatic carbocycles. The first-order valence-electron chi connectivity index (χ1n) is 13.7. The fourth-order valence-electron chi connectivity index (χ4n) is 4.83. The highest BCUT2D eigenvalue weighted by Crippen LogP contribution is 2.43. The van der Waals surface area contributed by atoms with E-state index in [0.29, 0.717) is 31.9 Å². The van der Waals surface area contributed by atoms with Crippen molar-refractivity contribution < 1.29 is 23.4 Å². The summed E-state index contributed by atoms with van der Waals surface area (Å²) in [5.41, 5.74) is -0.0231. The van der Waals surface area contributed by atoms with Crippen LogP contribution in [0.3, 0.4) is 0 Å². The van der Waals surface area contributed by atoms with Crippen molar-refractivity contribution >= 4 is 34.2 Å². The Morgan fingerprint density at radius 3 is 2.62 bits per heavy atom. The molecule has 1 fully saturated rings. The third-order valence-corrected chi connectivity index (χ3v) is 7.08. The van der Waals surface area contributed by atoms with E-state index in [1.807, 2.05) is 43.9 Å². The van der Waals surface area contributed by atoms with Crippen LogP contribution in [0.5, 0.6) is 11.8 Å². The highest BCUT2D eigenvalue weighted by atomic mass is 35.5. The minimum Gasteiger partial charge on any atom is -0.507 e. The summed E-state index contributed by atoms with van der Waals surface area (Å²) in [5.74, 6) is -2.04. The number of hydrogen-bond donors (Lipinski definition) is 1. The molecular formula is C31H32ClF2N5O3. The standard InChI is InChI=1S/C29H26ClF2N5O3.C2H6/c1-3-23(39)36-12-13-37(17(2)16-36)28-19-15-20(30)24(25-21(31)8-6-9-22(25)38)26(32)27(19)34-29(35-28)40-14-10-18-7-4-5-11-33-18;1-2/h3-9,11,15,17,38H,1,10,12-14,16H2,2H3;1-2H3/t17-;/m1./s1. The van der Waals surface area contributed by atoms with Crippen LogP contribution in [0, 0.1) is 11.6 Å². The zero-order valence-corrected chi connectivity index (χ0v) is 24.4. The average Bonchev–Trinajstić information content (AvgIpc) is 3.00. The fraction of sp³-hybridized carbons (Fsp3) is 0.290. The minimum atomic E-state index is -0.922. The van der Waals surface area contributed by atoms with Crippen LogP contribution in [0.1, 0.15) is 26.5 Å². The third kappa shape index (κ3) is 6.28. The van der Waals surface area contributed by atoms with E-state index in [1.54, 1.807) is 11.1 Å².